The van der Waals surface area contributed by atoms with E-state index in [1.165, 1.54) is 16.9 Å². The molecule has 3 aromatic rings. The van der Waals surface area contributed by atoms with Crippen LogP contribution in [0.5, 0.6) is 0 Å². The normalized spacial score (nSPS) is 12.1. The number of carbonyl (C=O) groups is 1. The van der Waals surface area contributed by atoms with E-state index in [-0.39, 0.29) is 12.4 Å². The lowest BCUT2D eigenvalue weighted by molar-refractivity contribution is -0.148. The van der Waals surface area contributed by atoms with Gasteiger partial charge >= 0.3 is 5.97 Å². The van der Waals surface area contributed by atoms with Gasteiger partial charge in [-0.25, -0.2) is 0 Å². The van der Waals surface area contributed by atoms with E-state index >= 15 is 0 Å². The number of nitrogens with zero attached hydrogens (tertiary/aromatic N) is 2. The summed E-state index contributed by atoms with van der Waals surface area (Å²) >= 11 is 1.52. The van der Waals surface area contributed by atoms with Crippen LogP contribution in [0.2, 0.25) is 0 Å². The highest BCUT2D eigenvalue weighted by molar-refractivity contribution is 7.13. The van der Waals surface area contributed by atoms with Gasteiger partial charge < -0.3 is 9.15 Å². The first-order chi connectivity index (χ1) is 11.5. The minimum Gasteiger partial charge on any atom is -0.452 e. The van der Waals surface area contributed by atoms with Crippen molar-refractivity contribution >= 4 is 17.3 Å². The van der Waals surface area contributed by atoms with Gasteiger partial charge in [0.2, 0.25) is 0 Å². The number of aromatic nitrogens is 2. The summed E-state index contributed by atoms with van der Waals surface area (Å²) < 4.78 is 11.0. The van der Waals surface area contributed by atoms with Crippen LogP contribution in [-0.2, 0) is 16.0 Å². The molecule has 24 heavy (non-hydrogen) atoms. The molecule has 0 spiro atoms. The van der Waals surface area contributed by atoms with Crippen molar-refractivity contribution in [2.24, 2.45) is 0 Å². The molecule has 0 saturated carbocycles. The Kier molecular flexibility index (Phi) is 4.76. The van der Waals surface area contributed by atoms with Gasteiger partial charge in [0, 0.05) is 0 Å². The Hall–Kier alpha value is -2.47. The second-order valence-electron chi connectivity index (χ2n) is 5.65. The van der Waals surface area contributed by atoms with Crippen LogP contribution in [0, 0.1) is 13.8 Å². The van der Waals surface area contributed by atoms with Gasteiger partial charge in [-0.1, -0.05) is 24.3 Å². The number of hydrogen-bond donors (Lipinski definition) is 0. The molecule has 1 atom stereocenters. The SMILES string of the molecule is Cc1ccc(CC(=O)O[C@@H](C)c2nnc(-c3cccs3)o2)cc1C. The maximum Gasteiger partial charge on any atom is 0.311 e. The van der Waals surface area contributed by atoms with Crippen LogP contribution >= 0.6 is 11.3 Å². The Morgan fingerprint density at radius 3 is 2.79 bits per heavy atom. The van der Waals surface area contributed by atoms with Crippen LogP contribution in [0.25, 0.3) is 10.8 Å². The molecule has 0 amide bonds. The van der Waals surface area contributed by atoms with Gasteiger partial charge in [0.1, 0.15) is 0 Å². The van der Waals surface area contributed by atoms with Crippen LogP contribution in [0.3, 0.4) is 0 Å². The highest BCUT2D eigenvalue weighted by atomic mass is 32.1. The average Bonchev–Trinajstić information content (AvgIpc) is 3.21. The van der Waals surface area contributed by atoms with Crippen LogP contribution in [0.4, 0.5) is 0 Å². The van der Waals surface area contributed by atoms with Crippen molar-refractivity contribution in [3.63, 3.8) is 0 Å². The minimum absolute atomic E-state index is 0.220. The summed E-state index contributed by atoms with van der Waals surface area (Å²) in [7, 11) is 0. The molecule has 2 heterocycles. The Bertz CT molecular complexity index is 840. The Morgan fingerprint density at radius 1 is 1.25 bits per heavy atom. The largest absolute Gasteiger partial charge is 0.452 e. The van der Waals surface area contributed by atoms with Crippen molar-refractivity contribution in [2.45, 2.75) is 33.3 Å². The number of benzene rings is 1. The molecule has 0 N–H and O–H groups in total. The summed E-state index contributed by atoms with van der Waals surface area (Å²) in [6.07, 6.45) is -0.359. The van der Waals surface area contributed by atoms with E-state index < -0.39 is 6.10 Å². The van der Waals surface area contributed by atoms with E-state index in [0.29, 0.717) is 11.8 Å². The minimum atomic E-state index is -0.578. The fourth-order valence-corrected chi connectivity index (χ4v) is 2.91. The molecule has 1 aromatic carbocycles. The maximum absolute atomic E-state index is 12.1. The highest BCUT2D eigenvalue weighted by Gasteiger charge is 2.19. The monoisotopic (exact) mass is 342 g/mol. The maximum atomic E-state index is 12.1. The van der Waals surface area contributed by atoms with Gasteiger partial charge in [-0.3, -0.25) is 4.79 Å². The summed E-state index contributed by atoms with van der Waals surface area (Å²) in [5, 5.41) is 9.90. The van der Waals surface area contributed by atoms with Crippen LogP contribution in [0.15, 0.2) is 40.1 Å². The number of aryl methyl sites for hydroxylation is 2. The zero-order valence-electron chi connectivity index (χ0n) is 13.8. The number of esters is 1. The molecule has 6 heteroatoms. The lowest BCUT2D eigenvalue weighted by atomic mass is 10.0. The Balaban J connectivity index is 1.62. The molecule has 2 aromatic heterocycles. The second-order valence-corrected chi connectivity index (χ2v) is 6.60. The summed E-state index contributed by atoms with van der Waals surface area (Å²) in [6.45, 7) is 5.79. The standard InChI is InChI=1S/C18H18N2O3S/c1-11-6-7-14(9-12(11)2)10-16(21)22-13(3)17-19-20-18(23-17)15-5-4-8-24-15/h4-9,13H,10H2,1-3H3/t13-/m0/s1. The van der Waals surface area contributed by atoms with Gasteiger partial charge in [0.15, 0.2) is 6.10 Å². The zero-order chi connectivity index (χ0) is 17.1. The average molecular weight is 342 g/mol. The molecule has 0 aliphatic rings. The van der Waals surface area contributed by atoms with Gasteiger partial charge in [0.05, 0.1) is 11.3 Å². The first-order valence-electron chi connectivity index (χ1n) is 7.66. The molecule has 3 rings (SSSR count). The summed E-state index contributed by atoms with van der Waals surface area (Å²) in [4.78, 5) is 13.0. The quantitative estimate of drug-likeness (QED) is 0.648. The van der Waals surface area contributed by atoms with Crippen molar-refractivity contribution < 1.29 is 13.9 Å². The fraction of sp³-hybridized carbons (Fsp3) is 0.278. The molecule has 0 fully saturated rings. The Labute approximate surface area is 144 Å². The first-order valence-corrected chi connectivity index (χ1v) is 8.54. The Morgan fingerprint density at radius 2 is 2.08 bits per heavy atom. The smallest absolute Gasteiger partial charge is 0.311 e. The van der Waals surface area contributed by atoms with Crippen molar-refractivity contribution in [2.75, 3.05) is 0 Å². The van der Waals surface area contributed by atoms with E-state index in [9.17, 15) is 4.79 Å². The summed E-state index contributed by atoms with van der Waals surface area (Å²) in [6, 6.07) is 9.76. The third-order valence-electron chi connectivity index (χ3n) is 3.75. The predicted molar refractivity (Wildman–Crippen MR) is 91.7 cm³/mol. The van der Waals surface area contributed by atoms with E-state index in [2.05, 4.69) is 10.2 Å². The van der Waals surface area contributed by atoms with Crippen molar-refractivity contribution in [1.29, 1.82) is 0 Å². The van der Waals surface area contributed by atoms with E-state index in [4.69, 9.17) is 9.15 Å². The number of hydrogen-bond acceptors (Lipinski definition) is 6. The third kappa shape index (κ3) is 3.71. The van der Waals surface area contributed by atoms with Gasteiger partial charge in [0.25, 0.3) is 11.8 Å². The molecule has 0 saturated heterocycles. The molecule has 0 unspecified atom stereocenters. The molecule has 0 aliphatic heterocycles. The third-order valence-corrected chi connectivity index (χ3v) is 4.61. The van der Waals surface area contributed by atoms with Crippen molar-refractivity contribution in [1.82, 2.24) is 10.2 Å². The molecule has 124 valence electrons. The second kappa shape index (κ2) is 6.97. The highest BCUT2D eigenvalue weighted by Crippen LogP contribution is 2.26. The molecule has 5 nitrogen and oxygen atoms in total. The lowest BCUT2D eigenvalue weighted by Crippen LogP contribution is -2.12. The first kappa shape index (κ1) is 16.4. The van der Waals surface area contributed by atoms with E-state index in [1.54, 1.807) is 6.92 Å². The summed E-state index contributed by atoms with van der Waals surface area (Å²) in [5.41, 5.74) is 3.29. The van der Waals surface area contributed by atoms with Crippen molar-refractivity contribution in [3.05, 3.63) is 58.3 Å². The number of carbonyl (C=O) groups excluding carboxylic acids is 1. The van der Waals surface area contributed by atoms with Crippen LogP contribution in [-0.4, -0.2) is 16.2 Å². The number of rotatable bonds is 5. The predicted octanol–water partition coefficient (Wildman–Crippen LogP) is 4.26. The molecular weight excluding hydrogens is 324 g/mol. The topological polar surface area (TPSA) is 65.2 Å². The van der Waals surface area contributed by atoms with Crippen molar-refractivity contribution in [3.8, 4) is 10.8 Å². The summed E-state index contributed by atoms with van der Waals surface area (Å²) in [5.74, 6) is 0.422. The van der Waals surface area contributed by atoms with Gasteiger partial charge in [-0.05, 0) is 48.9 Å². The fourth-order valence-electron chi connectivity index (χ4n) is 2.27. The van der Waals surface area contributed by atoms with Gasteiger partial charge in [-0.2, -0.15) is 0 Å². The molecule has 0 aliphatic carbocycles. The lowest BCUT2D eigenvalue weighted by Gasteiger charge is -2.10. The molecule has 0 bridgehead atoms. The molecule has 0 radical (unpaired) electrons. The number of ether oxygens (including phenoxy) is 1. The van der Waals surface area contributed by atoms with E-state index in [0.717, 1.165) is 16.0 Å². The van der Waals surface area contributed by atoms with Gasteiger partial charge in [-0.15, -0.1) is 21.5 Å². The number of thiophene rings is 1. The molecular formula is C18H18N2O3S. The van der Waals surface area contributed by atoms with E-state index in [1.807, 2.05) is 49.6 Å². The zero-order valence-corrected chi connectivity index (χ0v) is 14.6. The van der Waals surface area contributed by atoms with Crippen LogP contribution in [0.1, 0.15) is 35.6 Å². The van der Waals surface area contributed by atoms with Crippen LogP contribution < -0.4 is 0 Å².